The van der Waals surface area contributed by atoms with Crippen molar-refractivity contribution in [1.82, 2.24) is 16.0 Å². The Hall–Kier alpha value is -2.82. The Bertz CT molecular complexity index is 900. The maximum Gasteiger partial charge on any atom is 0.306 e. The van der Waals surface area contributed by atoms with Gasteiger partial charge in [0.25, 0.3) is 0 Å². The van der Waals surface area contributed by atoms with Crippen molar-refractivity contribution in [3.8, 4) is 0 Å². The maximum atomic E-state index is 13.4. The summed E-state index contributed by atoms with van der Waals surface area (Å²) in [6, 6.07) is -3.05. The van der Waals surface area contributed by atoms with Gasteiger partial charge in [0.1, 0.15) is 29.6 Å². The molecule has 0 aliphatic carbocycles. The Morgan fingerprint density at radius 2 is 1.48 bits per heavy atom. The van der Waals surface area contributed by atoms with Crippen LogP contribution in [0.1, 0.15) is 106 Å². The van der Waals surface area contributed by atoms with Crippen LogP contribution in [-0.4, -0.2) is 71.7 Å². The minimum atomic E-state index is -1.13. The Labute approximate surface area is 238 Å². The van der Waals surface area contributed by atoms with Crippen molar-refractivity contribution >= 4 is 35.3 Å². The molecule has 11 heteroatoms. The van der Waals surface area contributed by atoms with E-state index in [0.717, 1.165) is 12.8 Å². The predicted octanol–water partition coefficient (Wildman–Crippen LogP) is 2.53. The normalized spacial score (nSPS) is 19.1. The molecule has 1 fully saturated rings. The van der Waals surface area contributed by atoms with Crippen molar-refractivity contribution in [3.05, 3.63) is 0 Å². The lowest BCUT2D eigenvalue weighted by molar-refractivity contribution is -0.149. The average molecular weight is 568 g/mol. The number of esters is 1. The van der Waals surface area contributed by atoms with Crippen molar-refractivity contribution in [1.29, 1.82) is 0 Å². The van der Waals surface area contributed by atoms with Gasteiger partial charge in [0.15, 0.2) is 5.78 Å². The van der Waals surface area contributed by atoms with E-state index in [0.29, 0.717) is 19.3 Å². The molecular formula is C29H49N3O8. The second-order valence-electron chi connectivity index (χ2n) is 11.3. The molecule has 0 aromatic carbocycles. The third-order valence-electron chi connectivity index (χ3n) is 6.78. The first-order valence-corrected chi connectivity index (χ1v) is 14.5. The van der Waals surface area contributed by atoms with Gasteiger partial charge in [0.2, 0.25) is 17.7 Å². The molecule has 1 aliphatic heterocycles. The molecule has 11 nitrogen and oxygen atoms in total. The molecule has 0 bridgehead atoms. The van der Waals surface area contributed by atoms with Crippen molar-refractivity contribution < 1.29 is 38.2 Å². The Morgan fingerprint density at radius 1 is 0.850 bits per heavy atom. The molecule has 0 spiro atoms. The van der Waals surface area contributed by atoms with Gasteiger partial charge in [-0.3, -0.25) is 24.0 Å². The monoisotopic (exact) mass is 567 g/mol. The van der Waals surface area contributed by atoms with Crippen LogP contribution in [0.5, 0.6) is 0 Å². The number of amides is 3. The van der Waals surface area contributed by atoms with Crippen LogP contribution in [0.3, 0.4) is 0 Å². The van der Waals surface area contributed by atoms with Crippen LogP contribution in [0, 0.1) is 5.92 Å². The zero-order valence-electron chi connectivity index (χ0n) is 25.2. The number of unbranched alkanes of at least 4 members (excludes halogenated alkanes) is 2. The number of rotatable bonds is 20. The highest BCUT2D eigenvalue weighted by atomic mass is 16.6. The smallest absolute Gasteiger partial charge is 0.306 e. The van der Waals surface area contributed by atoms with E-state index in [2.05, 4.69) is 16.0 Å². The first-order valence-electron chi connectivity index (χ1n) is 14.5. The van der Waals surface area contributed by atoms with Crippen LogP contribution in [0.25, 0.3) is 0 Å². The van der Waals surface area contributed by atoms with Crippen molar-refractivity contribution in [2.24, 2.45) is 5.92 Å². The number of Topliss-reactive ketones (excluding diaryl/α,β-unsaturated/α-hetero) is 2. The number of carbonyl (C=O) groups excluding carboxylic acids is 6. The molecule has 228 valence electrons. The summed E-state index contributed by atoms with van der Waals surface area (Å²) in [5, 5.41) is 8.14. The highest BCUT2D eigenvalue weighted by Gasteiger charge is 2.50. The maximum absolute atomic E-state index is 13.4. The van der Waals surface area contributed by atoms with Crippen LogP contribution >= 0.6 is 0 Å². The molecule has 1 saturated heterocycles. The zero-order chi connectivity index (χ0) is 30.5. The summed E-state index contributed by atoms with van der Waals surface area (Å²) in [5.74, 6) is -2.64. The second-order valence-corrected chi connectivity index (χ2v) is 11.3. The van der Waals surface area contributed by atoms with E-state index in [9.17, 15) is 28.8 Å². The molecule has 0 aromatic heterocycles. The molecule has 3 N–H and O–H groups in total. The first-order chi connectivity index (χ1) is 18.7. The van der Waals surface area contributed by atoms with Crippen LogP contribution in [0.2, 0.25) is 0 Å². The molecule has 5 atom stereocenters. The topological polar surface area (TPSA) is 160 Å². The highest BCUT2D eigenvalue weighted by Crippen LogP contribution is 2.29. The minimum absolute atomic E-state index is 0.0118. The van der Waals surface area contributed by atoms with Gasteiger partial charge in [0.05, 0.1) is 12.6 Å². The number of epoxide rings is 1. The molecule has 5 unspecified atom stereocenters. The number of carbonyl (C=O) groups is 6. The van der Waals surface area contributed by atoms with E-state index < -0.39 is 47.6 Å². The average Bonchev–Trinajstić information content (AvgIpc) is 3.62. The summed E-state index contributed by atoms with van der Waals surface area (Å²) in [4.78, 5) is 75.9. The highest BCUT2D eigenvalue weighted by molar-refractivity contribution is 5.98. The lowest BCUT2D eigenvalue weighted by Crippen LogP contribution is -2.58. The summed E-state index contributed by atoms with van der Waals surface area (Å²) >= 11 is 0. The number of ether oxygens (including phenoxy) is 2. The first kappa shape index (κ1) is 35.2. The molecule has 1 rings (SSSR count). The summed E-state index contributed by atoms with van der Waals surface area (Å²) in [7, 11) is 0. The summed E-state index contributed by atoms with van der Waals surface area (Å²) in [6.45, 7) is 12.3. The molecule has 0 radical (unpaired) electrons. The largest absolute Gasteiger partial charge is 0.463 e. The second kappa shape index (κ2) is 17.1. The van der Waals surface area contributed by atoms with Gasteiger partial charge < -0.3 is 30.2 Å². The Morgan fingerprint density at radius 3 is 2.00 bits per heavy atom. The van der Waals surface area contributed by atoms with E-state index in [1.54, 1.807) is 27.7 Å². The standard InChI is InChI=1S/C29H49N3O8/c1-8-10-11-13-23(34)32-25(18(3)4)28(38)30-21(15-14-19(5)33)27(37)31-22(26(36)29(7)17-39-29)16-20(6)40-24(35)12-9-2/h18,20-22,25H,8-17H2,1-7H3,(H,30,38)(H,31,37)(H,32,34). The summed E-state index contributed by atoms with van der Waals surface area (Å²) in [6.07, 6.45) is 3.13. The van der Waals surface area contributed by atoms with Crippen LogP contribution in [-0.2, 0) is 38.2 Å². The van der Waals surface area contributed by atoms with Crippen molar-refractivity contribution in [2.75, 3.05) is 6.61 Å². The molecule has 3 amide bonds. The summed E-state index contributed by atoms with van der Waals surface area (Å²) < 4.78 is 10.7. The van der Waals surface area contributed by atoms with E-state index in [1.165, 1.54) is 6.92 Å². The Balaban J connectivity index is 3.04. The van der Waals surface area contributed by atoms with Crippen LogP contribution < -0.4 is 16.0 Å². The van der Waals surface area contributed by atoms with Gasteiger partial charge in [-0.25, -0.2) is 0 Å². The number of hydrogen-bond donors (Lipinski definition) is 3. The SMILES string of the molecule is CCCCCC(=O)NC(C(=O)NC(CCC(C)=O)C(=O)NC(CC(C)OC(=O)CCC)C(=O)C1(C)CO1)C(C)C. The predicted molar refractivity (Wildman–Crippen MR) is 149 cm³/mol. The Kier molecular flexibility index (Phi) is 15.0. The van der Waals surface area contributed by atoms with Gasteiger partial charge >= 0.3 is 5.97 Å². The number of hydrogen-bond acceptors (Lipinski definition) is 8. The molecule has 1 heterocycles. The quantitative estimate of drug-likeness (QED) is 0.115. The lowest BCUT2D eigenvalue weighted by Gasteiger charge is -2.28. The molecule has 0 saturated carbocycles. The fraction of sp³-hybridized carbons (Fsp3) is 0.793. The van der Waals surface area contributed by atoms with Crippen molar-refractivity contribution in [2.45, 2.75) is 136 Å². The third kappa shape index (κ3) is 12.6. The minimum Gasteiger partial charge on any atom is -0.463 e. The molecular weight excluding hydrogens is 518 g/mol. The van der Waals surface area contributed by atoms with Gasteiger partial charge in [-0.05, 0) is 46.0 Å². The van der Waals surface area contributed by atoms with Gasteiger partial charge in [0, 0.05) is 25.7 Å². The van der Waals surface area contributed by atoms with E-state index in [1.807, 2.05) is 13.8 Å². The number of ketones is 2. The summed E-state index contributed by atoms with van der Waals surface area (Å²) in [5.41, 5.74) is -1.05. The fourth-order valence-corrected chi connectivity index (χ4v) is 4.18. The van der Waals surface area contributed by atoms with Gasteiger partial charge in [-0.15, -0.1) is 0 Å². The zero-order valence-corrected chi connectivity index (χ0v) is 25.2. The van der Waals surface area contributed by atoms with Gasteiger partial charge in [-0.2, -0.15) is 0 Å². The third-order valence-corrected chi connectivity index (χ3v) is 6.78. The number of nitrogens with one attached hydrogen (secondary N) is 3. The van der Waals surface area contributed by atoms with Crippen LogP contribution in [0.15, 0.2) is 0 Å². The van der Waals surface area contributed by atoms with Crippen molar-refractivity contribution in [3.63, 3.8) is 0 Å². The molecule has 40 heavy (non-hydrogen) atoms. The van der Waals surface area contributed by atoms with Gasteiger partial charge in [-0.1, -0.05) is 40.5 Å². The van der Waals surface area contributed by atoms with E-state index in [-0.39, 0.29) is 55.7 Å². The molecule has 1 aliphatic rings. The van der Waals surface area contributed by atoms with Crippen LogP contribution in [0.4, 0.5) is 0 Å². The lowest BCUT2D eigenvalue weighted by atomic mass is 9.95. The fourth-order valence-electron chi connectivity index (χ4n) is 4.18. The molecule has 0 aromatic rings. The van der Waals surface area contributed by atoms with E-state index in [4.69, 9.17) is 9.47 Å². The van der Waals surface area contributed by atoms with E-state index >= 15 is 0 Å².